The van der Waals surface area contributed by atoms with Crippen molar-refractivity contribution in [1.29, 1.82) is 5.26 Å². The van der Waals surface area contributed by atoms with Crippen molar-refractivity contribution in [2.45, 2.75) is 13.8 Å². The van der Waals surface area contributed by atoms with E-state index in [2.05, 4.69) is 16.4 Å². The minimum absolute atomic E-state index is 0.313. The number of anilines is 1. The van der Waals surface area contributed by atoms with Crippen LogP contribution in [0, 0.1) is 24.1 Å². The highest BCUT2D eigenvalue weighted by Crippen LogP contribution is 2.28. The summed E-state index contributed by atoms with van der Waals surface area (Å²) < 4.78 is 13.8. The number of nitriles is 1. The Morgan fingerprint density at radius 2 is 2.05 bits per heavy atom. The van der Waals surface area contributed by atoms with Crippen molar-refractivity contribution in [1.82, 2.24) is 4.98 Å². The third-order valence-electron chi connectivity index (χ3n) is 2.84. The molecular weight excluding hydrogens is 241 g/mol. The van der Waals surface area contributed by atoms with E-state index in [1.807, 2.05) is 13.8 Å². The smallest absolute Gasteiger partial charge is 0.144 e. The molecule has 0 bridgehead atoms. The summed E-state index contributed by atoms with van der Waals surface area (Å²) in [6.07, 6.45) is 0. The normalized spacial score (nSPS) is 10.0. The zero-order valence-corrected chi connectivity index (χ0v) is 10.9. The summed E-state index contributed by atoms with van der Waals surface area (Å²) in [5, 5.41) is 12.2. The van der Waals surface area contributed by atoms with Gasteiger partial charge in [-0.15, -0.1) is 0 Å². The first-order chi connectivity index (χ1) is 9.17. The number of aryl methyl sites for hydroxylation is 1. The van der Waals surface area contributed by atoms with Gasteiger partial charge in [0.2, 0.25) is 0 Å². The van der Waals surface area contributed by atoms with Gasteiger partial charge in [0, 0.05) is 23.4 Å². The maximum atomic E-state index is 13.8. The van der Waals surface area contributed by atoms with Gasteiger partial charge in [0.1, 0.15) is 17.7 Å². The van der Waals surface area contributed by atoms with Gasteiger partial charge in [-0.1, -0.05) is 18.2 Å². The van der Waals surface area contributed by atoms with Crippen LogP contribution in [-0.4, -0.2) is 11.5 Å². The van der Waals surface area contributed by atoms with E-state index >= 15 is 0 Å². The molecule has 2 aromatic rings. The number of benzene rings is 1. The third kappa shape index (κ3) is 2.55. The van der Waals surface area contributed by atoms with Crippen LogP contribution in [0.1, 0.15) is 18.2 Å². The van der Waals surface area contributed by atoms with Gasteiger partial charge < -0.3 is 5.32 Å². The van der Waals surface area contributed by atoms with E-state index in [9.17, 15) is 4.39 Å². The van der Waals surface area contributed by atoms with Crippen LogP contribution in [0.5, 0.6) is 0 Å². The largest absolute Gasteiger partial charge is 0.369 e. The molecule has 19 heavy (non-hydrogen) atoms. The number of pyridine rings is 1. The SMILES string of the molecule is CCNc1nc(C)c(-c2ccccc2F)cc1C#N. The molecule has 0 saturated heterocycles. The number of halogens is 1. The highest BCUT2D eigenvalue weighted by molar-refractivity contribution is 5.71. The third-order valence-corrected chi connectivity index (χ3v) is 2.84. The zero-order chi connectivity index (χ0) is 13.8. The summed E-state index contributed by atoms with van der Waals surface area (Å²) in [6.45, 7) is 4.42. The first-order valence-electron chi connectivity index (χ1n) is 6.08. The van der Waals surface area contributed by atoms with Crippen LogP contribution in [0.15, 0.2) is 30.3 Å². The molecule has 0 unspecified atom stereocenters. The molecule has 1 aromatic carbocycles. The van der Waals surface area contributed by atoms with E-state index in [0.29, 0.717) is 34.7 Å². The summed E-state index contributed by atoms with van der Waals surface area (Å²) in [4.78, 5) is 4.35. The fourth-order valence-corrected chi connectivity index (χ4v) is 1.95. The maximum absolute atomic E-state index is 13.8. The average Bonchev–Trinajstić information content (AvgIpc) is 2.40. The summed E-state index contributed by atoms with van der Waals surface area (Å²) >= 11 is 0. The fraction of sp³-hybridized carbons (Fsp3) is 0.200. The molecule has 2 rings (SSSR count). The summed E-state index contributed by atoms with van der Waals surface area (Å²) in [5.74, 6) is 0.232. The van der Waals surface area contributed by atoms with E-state index in [1.54, 1.807) is 24.3 Å². The molecule has 0 radical (unpaired) electrons. The second-order valence-corrected chi connectivity index (χ2v) is 4.14. The van der Waals surface area contributed by atoms with Crippen molar-refractivity contribution >= 4 is 5.82 Å². The Morgan fingerprint density at radius 1 is 1.32 bits per heavy atom. The van der Waals surface area contributed by atoms with Crippen LogP contribution in [0.25, 0.3) is 11.1 Å². The first-order valence-corrected chi connectivity index (χ1v) is 6.08. The molecule has 0 amide bonds. The number of aromatic nitrogens is 1. The number of nitrogens with one attached hydrogen (secondary N) is 1. The molecule has 4 heteroatoms. The van der Waals surface area contributed by atoms with Crippen LogP contribution >= 0.6 is 0 Å². The second-order valence-electron chi connectivity index (χ2n) is 4.14. The molecule has 0 atom stereocenters. The Labute approximate surface area is 111 Å². The van der Waals surface area contributed by atoms with Crippen molar-refractivity contribution in [3.63, 3.8) is 0 Å². The summed E-state index contributed by atoms with van der Waals surface area (Å²) in [5.41, 5.74) is 2.23. The second kappa shape index (κ2) is 5.49. The molecule has 3 nitrogen and oxygen atoms in total. The monoisotopic (exact) mass is 255 g/mol. The lowest BCUT2D eigenvalue weighted by Crippen LogP contribution is -2.04. The molecule has 0 spiro atoms. The van der Waals surface area contributed by atoms with Gasteiger partial charge in [-0.25, -0.2) is 9.37 Å². The lowest BCUT2D eigenvalue weighted by Gasteiger charge is -2.11. The van der Waals surface area contributed by atoms with Crippen molar-refractivity contribution < 1.29 is 4.39 Å². The van der Waals surface area contributed by atoms with Crippen molar-refractivity contribution in [2.75, 3.05) is 11.9 Å². The maximum Gasteiger partial charge on any atom is 0.144 e. The topological polar surface area (TPSA) is 48.7 Å². The van der Waals surface area contributed by atoms with Crippen LogP contribution in [0.3, 0.4) is 0 Å². The predicted octanol–water partition coefficient (Wildman–Crippen LogP) is 3.50. The predicted molar refractivity (Wildman–Crippen MR) is 73.2 cm³/mol. The number of hydrogen-bond donors (Lipinski definition) is 1. The fourth-order valence-electron chi connectivity index (χ4n) is 1.95. The van der Waals surface area contributed by atoms with Gasteiger partial charge in [0.05, 0.1) is 5.56 Å². The van der Waals surface area contributed by atoms with Crippen LogP contribution in [0.2, 0.25) is 0 Å². The highest BCUT2D eigenvalue weighted by atomic mass is 19.1. The molecule has 0 aliphatic rings. The lowest BCUT2D eigenvalue weighted by molar-refractivity contribution is 0.631. The Kier molecular flexibility index (Phi) is 3.76. The quantitative estimate of drug-likeness (QED) is 0.913. The Hall–Kier alpha value is -2.41. The van der Waals surface area contributed by atoms with Crippen molar-refractivity contribution in [2.24, 2.45) is 0 Å². The van der Waals surface area contributed by atoms with Gasteiger partial charge in [0.25, 0.3) is 0 Å². The molecule has 96 valence electrons. The number of nitrogens with zero attached hydrogens (tertiary/aromatic N) is 2. The molecule has 0 saturated carbocycles. The van der Waals surface area contributed by atoms with E-state index in [0.717, 1.165) is 0 Å². The van der Waals surface area contributed by atoms with E-state index < -0.39 is 0 Å². The molecule has 1 aromatic heterocycles. The Bertz CT molecular complexity index is 644. The lowest BCUT2D eigenvalue weighted by atomic mass is 10.0. The van der Waals surface area contributed by atoms with E-state index in [1.165, 1.54) is 6.07 Å². The molecule has 1 N–H and O–H groups in total. The Balaban J connectivity index is 2.60. The van der Waals surface area contributed by atoms with Crippen LogP contribution in [0.4, 0.5) is 10.2 Å². The van der Waals surface area contributed by atoms with Crippen molar-refractivity contribution in [3.05, 3.63) is 47.4 Å². The van der Waals surface area contributed by atoms with Gasteiger partial charge in [-0.05, 0) is 26.0 Å². The molecule has 0 aliphatic heterocycles. The molecule has 1 heterocycles. The van der Waals surface area contributed by atoms with Gasteiger partial charge >= 0.3 is 0 Å². The van der Waals surface area contributed by atoms with Gasteiger partial charge in [0.15, 0.2) is 0 Å². The molecular formula is C15H14FN3. The number of hydrogen-bond acceptors (Lipinski definition) is 3. The van der Waals surface area contributed by atoms with E-state index in [4.69, 9.17) is 5.26 Å². The summed E-state index contributed by atoms with van der Waals surface area (Å²) in [6, 6.07) is 10.3. The highest BCUT2D eigenvalue weighted by Gasteiger charge is 2.12. The first kappa shape index (κ1) is 13.0. The standard InChI is InChI=1S/C15H14FN3/c1-3-18-15-11(9-17)8-13(10(2)19-15)12-6-4-5-7-14(12)16/h4-8H,3H2,1-2H3,(H,18,19). The van der Waals surface area contributed by atoms with Crippen molar-refractivity contribution in [3.8, 4) is 17.2 Å². The minimum atomic E-state index is -0.313. The zero-order valence-electron chi connectivity index (χ0n) is 10.9. The average molecular weight is 255 g/mol. The Morgan fingerprint density at radius 3 is 2.68 bits per heavy atom. The van der Waals surface area contributed by atoms with Crippen LogP contribution < -0.4 is 5.32 Å². The van der Waals surface area contributed by atoms with Gasteiger partial charge in [-0.3, -0.25) is 0 Å². The van der Waals surface area contributed by atoms with Crippen LogP contribution in [-0.2, 0) is 0 Å². The minimum Gasteiger partial charge on any atom is -0.369 e. The van der Waals surface area contributed by atoms with E-state index in [-0.39, 0.29) is 5.82 Å². The molecule has 0 aliphatic carbocycles. The number of rotatable bonds is 3. The molecule has 0 fully saturated rings. The van der Waals surface area contributed by atoms with Gasteiger partial charge in [-0.2, -0.15) is 5.26 Å². The summed E-state index contributed by atoms with van der Waals surface area (Å²) in [7, 11) is 0.